The van der Waals surface area contributed by atoms with Gasteiger partial charge in [-0.25, -0.2) is 4.57 Å². The summed E-state index contributed by atoms with van der Waals surface area (Å²) in [6.45, 7) is 13.9. The molecule has 0 spiro atoms. The predicted molar refractivity (Wildman–Crippen MR) is 358 cm³/mol. The zero-order chi connectivity index (χ0) is 53.4. The zero-order valence-electron chi connectivity index (χ0n) is 43.6. The minimum absolute atomic E-state index is 0. The van der Waals surface area contributed by atoms with Crippen molar-refractivity contribution in [2.75, 3.05) is 0 Å². The molecule has 0 bridgehead atoms. The third-order valence-electron chi connectivity index (χ3n) is 11.9. The van der Waals surface area contributed by atoms with Crippen LogP contribution in [0.3, 0.4) is 0 Å². The number of benzene rings is 5. The summed E-state index contributed by atoms with van der Waals surface area (Å²) in [5, 5.41) is 1.02. The molecule has 17 heteroatoms. The molecule has 7 atom stereocenters. The number of thioether (sulfide) groups is 1. The van der Waals surface area contributed by atoms with Gasteiger partial charge >= 0.3 is 5.16 Å². The maximum Gasteiger partial charge on any atom is 0.359 e. The average Bonchev–Trinajstić information content (AvgIpc) is 3.39. The molecule has 5 aromatic carbocycles. The first-order chi connectivity index (χ1) is 34.4. The summed E-state index contributed by atoms with van der Waals surface area (Å²) in [7, 11) is -5.31. The Morgan fingerprint density at radius 2 is 0.818 bits per heavy atom. The third-order valence-corrected chi connectivity index (χ3v) is 21.3. The largest absolute Gasteiger partial charge is 0.435 e. The molecule has 1 heterocycles. The lowest BCUT2D eigenvalue weighted by molar-refractivity contribution is -0.713. The fourth-order valence-electron chi connectivity index (χ4n) is 6.74. The highest BCUT2D eigenvalue weighted by Crippen LogP contribution is 2.21. The van der Waals surface area contributed by atoms with E-state index < -0.39 is 45.2 Å². The van der Waals surface area contributed by atoms with Gasteiger partial charge in [0.25, 0.3) is 0 Å². The quantitative estimate of drug-likeness (QED) is 0.0170. The van der Waals surface area contributed by atoms with E-state index in [9.17, 15) is 24.0 Å². The summed E-state index contributed by atoms with van der Waals surface area (Å²) >= 11 is 24.6. The minimum atomic E-state index is -1.57. The summed E-state index contributed by atoms with van der Waals surface area (Å²) in [5.74, 6) is 3.17. The Balaban J connectivity index is -0.000000431. The predicted octanol–water partition coefficient (Wildman–Crippen LogP) is 14.7. The van der Waals surface area contributed by atoms with Gasteiger partial charge in [0.05, 0.1) is 13.2 Å². The second-order valence-corrected chi connectivity index (χ2v) is 32.3. The van der Waals surface area contributed by atoms with Gasteiger partial charge < -0.3 is 24.0 Å². The van der Waals surface area contributed by atoms with Gasteiger partial charge in [-0.2, -0.15) is 0 Å². The number of aromatic nitrogens is 2. The van der Waals surface area contributed by atoms with E-state index in [0.717, 1.165) is 70.6 Å². The maximum atomic E-state index is 9.54. The number of hydrogen-bond donors (Lipinski definition) is 5. The van der Waals surface area contributed by atoms with Crippen LogP contribution >= 0.6 is 58.2 Å². The molecule has 0 aliphatic carbocycles. The van der Waals surface area contributed by atoms with Crippen LogP contribution in [0.2, 0.25) is 50.9 Å². The van der Waals surface area contributed by atoms with E-state index >= 15 is 0 Å². The van der Waals surface area contributed by atoms with Gasteiger partial charge in [-0.15, -0.1) is 46.4 Å². The lowest BCUT2D eigenvalue weighted by Gasteiger charge is -2.13. The van der Waals surface area contributed by atoms with E-state index in [0.29, 0.717) is 34.6 Å². The smallest absolute Gasteiger partial charge is 0.359 e. The Morgan fingerprint density at radius 3 is 1.23 bits per heavy atom. The number of aryl methyl sites for hydroxylation is 4. The molecule has 7 nitrogen and oxygen atoms in total. The molecule has 0 saturated heterocycles. The van der Waals surface area contributed by atoms with Crippen LogP contribution < -0.4 is 4.57 Å². The number of alkyl halides is 4. The first-order valence-corrected chi connectivity index (χ1v) is 40.1. The van der Waals surface area contributed by atoms with E-state index in [1.807, 2.05) is 111 Å². The van der Waals surface area contributed by atoms with Crippen LogP contribution in [0.1, 0.15) is 118 Å². The molecule has 77 heavy (non-hydrogen) atoms. The molecule has 0 aliphatic heterocycles. The van der Waals surface area contributed by atoms with Gasteiger partial charge in [0.15, 0.2) is 45.2 Å². The van der Waals surface area contributed by atoms with Crippen molar-refractivity contribution >= 4 is 103 Å². The van der Waals surface area contributed by atoms with Crippen molar-refractivity contribution in [1.82, 2.24) is 4.98 Å². The second kappa shape index (κ2) is 47.2. The monoisotopic (exact) mass is 1240 g/mol. The fourth-order valence-corrected chi connectivity index (χ4v) is 12.1. The van der Waals surface area contributed by atoms with Gasteiger partial charge in [0.2, 0.25) is 0 Å². The second-order valence-electron chi connectivity index (χ2n) is 18.5. The highest BCUT2D eigenvalue weighted by molar-refractivity contribution is 7.98. The Hall–Kier alpha value is -2.43. The molecule has 0 aliphatic rings. The SMILES string of the molecule is C.C.C.C.C.CC(c1ccc(CCl)cc1)[SiH](C)O.CC(c1cccc(CCl)c1)[SiH](C)O.C[SiH](O)CCc1ccc(CCl)cc1.C[SiH](O)CCc1cccc(CCl)c1.C[n+]1cccnc1SCc1ccc(CC[SiH](C)O)cc1. The topological polar surface area (TPSA) is 118 Å². The summed E-state index contributed by atoms with van der Waals surface area (Å²) in [6.07, 6.45) is 6.80. The maximum absolute atomic E-state index is 9.54. The first kappa shape index (κ1) is 81.0. The van der Waals surface area contributed by atoms with Crippen molar-refractivity contribution < 1.29 is 28.5 Å². The molecule has 0 amide bonds. The van der Waals surface area contributed by atoms with Crippen molar-refractivity contribution in [2.24, 2.45) is 7.05 Å². The summed E-state index contributed by atoms with van der Waals surface area (Å²) < 4.78 is 2.03. The lowest BCUT2D eigenvalue weighted by Crippen LogP contribution is -2.31. The Labute approximate surface area is 502 Å². The number of halogens is 4. The lowest BCUT2D eigenvalue weighted by atomic mass is 10.1. The van der Waals surface area contributed by atoms with E-state index in [2.05, 4.69) is 91.6 Å². The number of rotatable bonds is 20. The molecule has 1 aromatic heterocycles. The first-order valence-electron chi connectivity index (χ1n) is 24.9. The molecule has 6 rings (SSSR count). The van der Waals surface area contributed by atoms with E-state index in [4.69, 9.17) is 46.4 Å². The van der Waals surface area contributed by atoms with Crippen LogP contribution in [-0.4, -0.2) is 74.2 Å². The summed E-state index contributed by atoms with van der Waals surface area (Å²) in [6, 6.07) is 46.3. The van der Waals surface area contributed by atoms with Gasteiger partial charge in [-0.1, -0.05) is 172 Å². The fraction of sp³-hybridized carbons (Fsp3) is 0.433. The Morgan fingerprint density at radius 1 is 0.455 bits per heavy atom. The molecule has 7 unspecified atom stereocenters. The van der Waals surface area contributed by atoms with Gasteiger partial charge in [0.1, 0.15) is 6.20 Å². The summed E-state index contributed by atoms with van der Waals surface area (Å²) in [4.78, 5) is 51.3. The average molecular weight is 1240 g/mol. The molecule has 434 valence electrons. The van der Waals surface area contributed by atoms with Crippen LogP contribution in [0, 0.1) is 0 Å². The van der Waals surface area contributed by atoms with Crippen molar-refractivity contribution in [1.29, 1.82) is 0 Å². The van der Waals surface area contributed by atoms with E-state index in [1.165, 1.54) is 33.4 Å². The van der Waals surface area contributed by atoms with Gasteiger partial charge in [0, 0.05) is 35.3 Å². The van der Waals surface area contributed by atoms with Gasteiger partial charge in [-0.3, -0.25) is 0 Å². The highest BCUT2D eigenvalue weighted by atomic mass is 35.5. The molecule has 5 N–H and O–H groups in total. The molecular formula is C60H101Cl4N2O5SSi5+. The van der Waals surface area contributed by atoms with Crippen LogP contribution in [0.25, 0.3) is 0 Å². The van der Waals surface area contributed by atoms with Crippen LogP contribution in [-0.2, 0) is 55.6 Å². The van der Waals surface area contributed by atoms with Crippen LogP contribution in [0.4, 0.5) is 0 Å². The van der Waals surface area contributed by atoms with Crippen molar-refractivity contribution in [2.45, 2.75) is 167 Å². The molecule has 0 radical (unpaired) electrons. The molecule has 0 saturated carbocycles. The van der Waals surface area contributed by atoms with Crippen molar-refractivity contribution in [3.05, 3.63) is 195 Å². The number of hydrogen-bond acceptors (Lipinski definition) is 7. The normalized spacial score (nSPS) is 12.7. The van der Waals surface area contributed by atoms with E-state index in [-0.39, 0.29) is 37.1 Å². The standard InChI is InChI=1S/C15H21N2OSSi.4C10H15ClOSi.5CH4/c1-17-10-3-9-16-15(17)19-12-14-6-4-13(5-7-14)8-11-20(2)18;1-8(13(2)12)10-5-3-9(7-11)4-6-10;1-8(13(2)12)10-5-3-4-9(6-10)7-11;1-13(12)7-6-9-2-4-10(8-11)5-3-9;1-13(12)6-5-9-3-2-4-10(7-9)8-11;;;;;/h3-7,9-10,18,20H,8,11-12H2,1-2H3;2*3-6,8,12-13H,7H2,1-2H3;2-5,12-13H,6-8H2,1H3;2-4,7,12-13H,5-6,8H2,1H3;5*1H4/q+1;;;;;;;;;. The van der Waals surface area contributed by atoms with E-state index in [1.54, 1.807) is 11.8 Å². The highest BCUT2D eigenvalue weighted by Gasteiger charge is 2.14. The third kappa shape index (κ3) is 35.8. The molecule has 0 fully saturated rings. The Bertz CT molecular complexity index is 2340. The summed E-state index contributed by atoms with van der Waals surface area (Å²) in [5.41, 5.74) is 12.8. The Kier molecular flexibility index (Phi) is 49.7. The van der Waals surface area contributed by atoms with Crippen LogP contribution in [0.15, 0.2) is 145 Å². The molecular weight excluding hydrogens is 1140 g/mol. The van der Waals surface area contributed by atoms with Crippen molar-refractivity contribution in [3.8, 4) is 0 Å². The zero-order valence-corrected chi connectivity index (χ0v) is 53.3. The van der Waals surface area contributed by atoms with Crippen molar-refractivity contribution in [3.63, 3.8) is 0 Å². The van der Waals surface area contributed by atoms with Gasteiger partial charge in [-0.05, 0) is 154 Å². The van der Waals surface area contributed by atoms with Crippen LogP contribution in [0.5, 0.6) is 0 Å². The molecule has 6 aromatic rings. The minimum Gasteiger partial charge on any atom is -0.435 e. The number of nitrogens with zero attached hydrogens (tertiary/aromatic N) is 2.